The summed E-state index contributed by atoms with van der Waals surface area (Å²) in [5, 5.41) is 18.0. The summed E-state index contributed by atoms with van der Waals surface area (Å²) < 4.78 is 5.07. The standard InChI is InChI=1S/C16H25N3O2/c1-21-15-3-2-12(10-18-15)16(20)7-4-13(5-8-16)19-14-6-9-17-11-14/h2-3,10,13-14,17,19-20H,4-9,11H2,1H3/t13?,14-,16?/m0/s1. The maximum atomic E-state index is 10.9. The highest BCUT2D eigenvalue weighted by atomic mass is 16.5. The molecule has 1 aromatic heterocycles. The van der Waals surface area contributed by atoms with E-state index in [0.29, 0.717) is 18.0 Å². The molecular weight excluding hydrogens is 266 g/mol. The summed E-state index contributed by atoms with van der Waals surface area (Å²) in [5.74, 6) is 0.589. The zero-order valence-corrected chi connectivity index (χ0v) is 12.6. The first-order chi connectivity index (χ1) is 10.2. The molecule has 2 aliphatic rings. The Kier molecular flexibility index (Phi) is 4.42. The number of hydrogen-bond acceptors (Lipinski definition) is 5. The lowest BCUT2D eigenvalue weighted by molar-refractivity contribution is -0.00951. The second kappa shape index (κ2) is 6.30. The molecule has 0 aromatic carbocycles. The van der Waals surface area contributed by atoms with Crippen LogP contribution in [0, 0.1) is 0 Å². The van der Waals surface area contributed by atoms with Crippen LogP contribution in [0.1, 0.15) is 37.7 Å². The largest absolute Gasteiger partial charge is 0.481 e. The smallest absolute Gasteiger partial charge is 0.212 e. The fraction of sp³-hybridized carbons (Fsp3) is 0.688. The number of nitrogens with one attached hydrogen (secondary N) is 2. The first-order valence-corrected chi connectivity index (χ1v) is 7.89. The Labute approximate surface area is 126 Å². The summed E-state index contributed by atoms with van der Waals surface area (Å²) in [7, 11) is 1.60. The fourth-order valence-corrected chi connectivity index (χ4v) is 3.46. The number of nitrogens with zero attached hydrogens (tertiary/aromatic N) is 1. The number of ether oxygens (including phenoxy) is 1. The molecule has 2 heterocycles. The minimum absolute atomic E-state index is 0.529. The van der Waals surface area contributed by atoms with Crippen molar-refractivity contribution in [3.8, 4) is 5.88 Å². The molecule has 3 rings (SSSR count). The normalized spacial score (nSPS) is 33.0. The third-order valence-corrected chi connectivity index (χ3v) is 4.83. The average Bonchev–Trinajstić information content (AvgIpc) is 3.03. The van der Waals surface area contributed by atoms with Crippen molar-refractivity contribution >= 4 is 0 Å². The zero-order valence-electron chi connectivity index (χ0n) is 12.6. The second-order valence-electron chi connectivity index (χ2n) is 6.25. The first-order valence-electron chi connectivity index (χ1n) is 7.89. The van der Waals surface area contributed by atoms with Gasteiger partial charge in [-0.2, -0.15) is 0 Å². The Balaban J connectivity index is 1.57. The van der Waals surface area contributed by atoms with Crippen LogP contribution in [0.25, 0.3) is 0 Å². The van der Waals surface area contributed by atoms with Crippen LogP contribution in [0.4, 0.5) is 0 Å². The summed E-state index contributed by atoms with van der Waals surface area (Å²) in [5.41, 5.74) is 0.176. The van der Waals surface area contributed by atoms with Crippen LogP contribution in [0.2, 0.25) is 0 Å². The third kappa shape index (κ3) is 3.36. The summed E-state index contributed by atoms with van der Waals surface area (Å²) >= 11 is 0. The van der Waals surface area contributed by atoms with Crippen LogP contribution in [-0.2, 0) is 5.60 Å². The highest BCUT2D eigenvalue weighted by molar-refractivity contribution is 5.24. The van der Waals surface area contributed by atoms with Gasteiger partial charge in [-0.05, 0) is 44.7 Å². The Bertz CT molecular complexity index is 449. The van der Waals surface area contributed by atoms with Crippen LogP contribution in [0.15, 0.2) is 18.3 Å². The molecule has 116 valence electrons. The average molecular weight is 291 g/mol. The highest BCUT2D eigenvalue weighted by Gasteiger charge is 2.35. The molecule has 0 radical (unpaired) electrons. The van der Waals surface area contributed by atoms with Crippen LogP contribution in [0.3, 0.4) is 0 Å². The molecule has 21 heavy (non-hydrogen) atoms. The summed E-state index contributed by atoms with van der Waals surface area (Å²) in [4.78, 5) is 4.21. The Morgan fingerprint density at radius 2 is 2.10 bits per heavy atom. The monoisotopic (exact) mass is 291 g/mol. The van der Waals surface area contributed by atoms with E-state index in [-0.39, 0.29) is 0 Å². The first kappa shape index (κ1) is 14.8. The van der Waals surface area contributed by atoms with E-state index in [0.717, 1.165) is 44.3 Å². The molecule has 5 heteroatoms. The van der Waals surface area contributed by atoms with E-state index in [9.17, 15) is 5.11 Å². The van der Waals surface area contributed by atoms with Gasteiger partial charge in [0.2, 0.25) is 5.88 Å². The number of pyridine rings is 1. The maximum Gasteiger partial charge on any atom is 0.212 e. The lowest BCUT2D eigenvalue weighted by Gasteiger charge is -2.37. The topological polar surface area (TPSA) is 66.4 Å². The van der Waals surface area contributed by atoms with Gasteiger partial charge in [0.25, 0.3) is 0 Å². The molecular formula is C16H25N3O2. The van der Waals surface area contributed by atoms with E-state index in [1.54, 1.807) is 13.3 Å². The van der Waals surface area contributed by atoms with Crippen LogP contribution >= 0.6 is 0 Å². The van der Waals surface area contributed by atoms with Crippen molar-refractivity contribution in [3.05, 3.63) is 23.9 Å². The van der Waals surface area contributed by atoms with Gasteiger partial charge < -0.3 is 20.5 Å². The molecule has 1 aromatic rings. The summed E-state index contributed by atoms with van der Waals surface area (Å²) in [6.07, 6.45) is 6.56. The number of aliphatic hydroxyl groups is 1. The number of methoxy groups -OCH3 is 1. The van der Waals surface area contributed by atoms with Gasteiger partial charge in [-0.3, -0.25) is 0 Å². The summed E-state index contributed by atoms with van der Waals surface area (Å²) in [6.45, 7) is 2.19. The number of rotatable bonds is 4. The van der Waals surface area contributed by atoms with Gasteiger partial charge in [-0.25, -0.2) is 4.98 Å². The van der Waals surface area contributed by atoms with Crippen LogP contribution in [0.5, 0.6) is 5.88 Å². The van der Waals surface area contributed by atoms with Gasteiger partial charge in [-0.1, -0.05) is 0 Å². The quantitative estimate of drug-likeness (QED) is 0.777. The van der Waals surface area contributed by atoms with E-state index in [1.807, 2.05) is 12.1 Å². The number of aromatic nitrogens is 1. The molecule has 1 saturated carbocycles. The molecule has 0 unspecified atom stereocenters. The molecule has 3 N–H and O–H groups in total. The third-order valence-electron chi connectivity index (χ3n) is 4.83. The van der Waals surface area contributed by atoms with Gasteiger partial charge in [0.1, 0.15) is 0 Å². The highest BCUT2D eigenvalue weighted by Crippen LogP contribution is 2.37. The van der Waals surface area contributed by atoms with Crippen LogP contribution in [-0.4, -0.2) is 42.4 Å². The van der Waals surface area contributed by atoms with Crippen molar-refractivity contribution in [1.82, 2.24) is 15.6 Å². The maximum absolute atomic E-state index is 10.9. The lowest BCUT2D eigenvalue weighted by atomic mass is 9.78. The minimum atomic E-state index is -0.731. The molecule has 2 fully saturated rings. The molecule has 0 bridgehead atoms. The molecule has 0 spiro atoms. The molecule has 1 aliphatic carbocycles. The molecule has 1 atom stereocenters. The van der Waals surface area contributed by atoms with Crippen LogP contribution < -0.4 is 15.4 Å². The Hall–Kier alpha value is -1.17. The van der Waals surface area contributed by atoms with Gasteiger partial charge in [-0.15, -0.1) is 0 Å². The van der Waals surface area contributed by atoms with E-state index < -0.39 is 5.60 Å². The van der Waals surface area contributed by atoms with Gasteiger partial charge >= 0.3 is 0 Å². The summed E-state index contributed by atoms with van der Waals surface area (Å²) in [6, 6.07) is 4.88. The van der Waals surface area contributed by atoms with Gasteiger partial charge in [0, 0.05) is 36.5 Å². The second-order valence-corrected chi connectivity index (χ2v) is 6.25. The van der Waals surface area contributed by atoms with Crippen molar-refractivity contribution in [2.24, 2.45) is 0 Å². The predicted octanol–water partition coefficient (Wildman–Crippen LogP) is 1.17. The Morgan fingerprint density at radius 3 is 2.67 bits per heavy atom. The molecule has 1 saturated heterocycles. The number of hydrogen-bond donors (Lipinski definition) is 3. The van der Waals surface area contributed by atoms with Crippen molar-refractivity contribution in [3.63, 3.8) is 0 Å². The van der Waals surface area contributed by atoms with Gasteiger partial charge in [0.15, 0.2) is 0 Å². The van der Waals surface area contributed by atoms with Crippen molar-refractivity contribution in [2.75, 3.05) is 20.2 Å². The molecule has 0 amide bonds. The van der Waals surface area contributed by atoms with Crippen molar-refractivity contribution in [2.45, 2.75) is 49.8 Å². The molecule has 5 nitrogen and oxygen atoms in total. The zero-order chi connectivity index (χ0) is 14.7. The van der Waals surface area contributed by atoms with E-state index in [4.69, 9.17) is 4.74 Å². The van der Waals surface area contributed by atoms with Crippen molar-refractivity contribution in [1.29, 1.82) is 0 Å². The fourth-order valence-electron chi connectivity index (χ4n) is 3.46. The van der Waals surface area contributed by atoms with E-state index >= 15 is 0 Å². The van der Waals surface area contributed by atoms with Crippen molar-refractivity contribution < 1.29 is 9.84 Å². The van der Waals surface area contributed by atoms with E-state index in [2.05, 4.69) is 15.6 Å². The van der Waals surface area contributed by atoms with Gasteiger partial charge in [0.05, 0.1) is 12.7 Å². The minimum Gasteiger partial charge on any atom is -0.481 e. The molecule has 1 aliphatic heterocycles. The lowest BCUT2D eigenvalue weighted by Crippen LogP contribution is -2.44. The van der Waals surface area contributed by atoms with E-state index in [1.165, 1.54) is 6.42 Å². The Morgan fingerprint density at radius 1 is 1.29 bits per heavy atom. The predicted molar refractivity (Wildman–Crippen MR) is 81.4 cm³/mol. The SMILES string of the molecule is COc1ccc(C2(O)CCC(N[C@H]3CCNC3)CC2)cn1.